The predicted octanol–water partition coefficient (Wildman–Crippen LogP) is 5.42. The third-order valence-electron chi connectivity index (χ3n) is 5.94. The van der Waals surface area contributed by atoms with E-state index >= 15 is 0 Å². The van der Waals surface area contributed by atoms with Crippen LogP contribution < -0.4 is 0 Å². The largest absolute Gasteiger partial charge is 0.472 e. The van der Waals surface area contributed by atoms with Gasteiger partial charge in [-0.1, -0.05) is 117 Å². The van der Waals surface area contributed by atoms with Gasteiger partial charge in [-0.25, -0.2) is 4.57 Å². The van der Waals surface area contributed by atoms with Gasteiger partial charge in [-0.2, -0.15) is 0 Å². The number of phosphoric ester groups is 1. The third kappa shape index (κ3) is 19.2. The zero-order chi connectivity index (χ0) is 23.5. The maximum absolute atomic E-state index is 10.8. The summed E-state index contributed by atoms with van der Waals surface area (Å²) in [7, 11) is -4.94. The molecule has 0 aliphatic heterocycles. The number of hydrogen-bond donors (Lipinski definition) is 5. The van der Waals surface area contributed by atoms with Crippen LogP contribution in [0.15, 0.2) is 0 Å². The lowest BCUT2D eigenvalue weighted by molar-refractivity contribution is -0.153. The molecule has 0 aliphatic rings. The van der Waals surface area contributed by atoms with Gasteiger partial charge in [0.15, 0.2) is 6.29 Å². The Kier molecular flexibility index (Phi) is 19.5. The number of aliphatic hydroxyl groups is 3. The quantitative estimate of drug-likeness (QED) is 0.0815. The van der Waals surface area contributed by atoms with E-state index in [1.165, 1.54) is 64.2 Å². The monoisotopic (exact) mass is 468 g/mol. The number of aliphatic hydroxyl groups excluding tert-OH is 3. The van der Waals surface area contributed by atoms with Crippen LogP contribution >= 0.6 is 7.82 Å². The Hall–Kier alpha value is -0.0100. The van der Waals surface area contributed by atoms with Gasteiger partial charge in [0.25, 0.3) is 0 Å². The molecule has 0 heterocycles. The van der Waals surface area contributed by atoms with Crippen LogP contribution in [0.1, 0.15) is 123 Å². The molecular formula is C23H49O7P. The van der Waals surface area contributed by atoms with Crippen molar-refractivity contribution in [3.05, 3.63) is 0 Å². The number of hydrogen-bond acceptors (Lipinski definition) is 5. The molecule has 0 fully saturated rings. The Bertz CT molecular complexity index is 444. The smallest absolute Gasteiger partial charge is 0.390 e. The topological polar surface area (TPSA) is 127 Å². The molecule has 0 aliphatic carbocycles. The number of phosphoric acid groups is 1. The maximum Gasteiger partial charge on any atom is 0.472 e. The number of rotatable bonds is 22. The van der Waals surface area contributed by atoms with Crippen molar-refractivity contribution in [2.75, 3.05) is 0 Å². The van der Waals surface area contributed by atoms with Gasteiger partial charge in [0.05, 0.1) is 6.10 Å². The molecule has 8 heteroatoms. The highest BCUT2D eigenvalue weighted by atomic mass is 31.2. The van der Waals surface area contributed by atoms with Crippen LogP contribution in [0.3, 0.4) is 0 Å². The van der Waals surface area contributed by atoms with Gasteiger partial charge in [-0.3, -0.25) is 4.52 Å². The van der Waals surface area contributed by atoms with Crippen LogP contribution in [-0.4, -0.2) is 43.6 Å². The second-order valence-corrected chi connectivity index (χ2v) is 10.2. The van der Waals surface area contributed by atoms with E-state index in [2.05, 4.69) is 18.4 Å². The first-order chi connectivity index (χ1) is 14.7. The highest BCUT2D eigenvalue weighted by Gasteiger charge is 2.32. The molecule has 0 bridgehead atoms. The van der Waals surface area contributed by atoms with Crippen molar-refractivity contribution in [1.29, 1.82) is 0 Å². The molecule has 5 N–H and O–H groups in total. The summed E-state index contributed by atoms with van der Waals surface area (Å²) in [6.07, 6.45) is 14.0. The van der Waals surface area contributed by atoms with Gasteiger partial charge < -0.3 is 25.1 Å². The van der Waals surface area contributed by atoms with Gasteiger partial charge in [-0.15, -0.1) is 0 Å². The van der Waals surface area contributed by atoms with Crippen LogP contribution in [0, 0.1) is 5.92 Å². The maximum atomic E-state index is 10.8. The van der Waals surface area contributed by atoms with Crippen LogP contribution in [0.4, 0.5) is 0 Å². The highest BCUT2D eigenvalue weighted by Crippen LogP contribution is 2.38. The SMILES string of the molecule is CCCCCCCCCCC(CCCCCCCC)CC(O)C(O)C(O)OP(=O)(O)O. The molecule has 0 aromatic heterocycles. The Labute approximate surface area is 189 Å². The fourth-order valence-corrected chi connectivity index (χ4v) is 4.44. The molecule has 0 amide bonds. The fourth-order valence-electron chi connectivity index (χ4n) is 4.03. The first kappa shape index (κ1) is 31.0. The Morgan fingerprint density at radius 3 is 1.45 bits per heavy atom. The standard InChI is InChI=1S/C23H49O7P/c1-3-5-7-9-11-12-14-16-18-20(17-15-13-10-8-6-4-2)19-21(24)22(25)23(26)30-31(27,28)29/h20-26H,3-19H2,1-2H3,(H2,27,28,29). The van der Waals surface area contributed by atoms with E-state index in [0.717, 1.165) is 38.5 Å². The zero-order valence-electron chi connectivity index (χ0n) is 19.8. The van der Waals surface area contributed by atoms with Crippen molar-refractivity contribution in [2.24, 2.45) is 5.92 Å². The summed E-state index contributed by atoms with van der Waals surface area (Å²) < 4.78 is 14.9. The molecule has 0 aromatic carbocycles. The second kappa shape index (κ2) is 19.5. The zero-order valence-corrected chi connectivity index (χ0v) is 20.7. The summed E-state index contributed by atoms with van der Waals surface area (Å²) in [6, 6.07) is 0. The van der Waals surface area contributed by atoms with Gasteiger partial charge in [0, 0.05) is 0 Å². The van der Waals surface area contributed by atoms with E-state index in [1.54, 1.807) is 0 Å². The first-order valence-electron chi connectivity index (χ1n) is 12.5. The van der Waals surface area contributed by atoms with E-state index in [9.17, 15) is 19.9 Å². The van der Waals surface area contributed by atoms with Crippen molar-refractivity contribution >= 4 is 7.82 Å². The van der Waals surface area contributed by atoms with E-state index in [0.29, 0.717) is 0 Å². The molecule has 4 unspecified atom stereocenters. The fraction of sp³-hybridized carbons (Fsp3) is 1.00. The first-order valence-corrected chi connectivity index (χ1v) is 14.0. The Morgan fingerprint density at radius 2 is 1.06 bits per heavy atom. The summed E-state index contributed by atoms with van der Waals surface area (Å²) in [6.45, 7) is 4.41. The number of unbranched alkanes of at least 4 members (excludes halogenated alkanes) is 12. The molecular weight excluding hydrogens is 419 g/mol. The molecule has 31 heavy (non-hydrogen) atoms. The molecule has 4 atom stereocenters. The van der Waals surface area contributed by atoms with Crippen molar-refractivity contribution < 1.29 is 34.2 Å². The highest BCUT2D eigenvalue weighted by molar-refractivity contribution is 7.46. The van der Waals surface area contributed by atoms with Crippen LogP contribution in [0.5, 0.6) is 0 Å². The third-order valence-corrected chi connectivity index (χ3v) is 6.43. The van der Waals surface area contributed by atoms with Crippen LogP contribution in [0.25, 0.3) is 0 Å². The van der Waals surface area contributed by atoms with Crippen molar-refractivity contribution in [3.63, 3.8) is 0 Å². The molecule has 0 rings (SSSR count). The van der Waals surface area contributed by atoms with Gasteiger partial charge >= 0.3 is 7.82 Å². The molecule has 0 aromatic rings. The summed E-state index contributed by atoms with van der Waals surface area (Å²) in [5.41, 5.74) is 0. The van der Waals surface area contributed by atoms with Crippen molar-refractivity contribution in [1.82, 2.24) is 0 Å². The molecule has 188 valence electrons. The van der Waals surface area contributed by atoms with E-state index < -0.39 is 26.3 Å². The second-order valence-electron chi connectivity index (χ2n) is 8.97. The minimum Gasteiger partial charge on any atom is -0.390 e. The molecule has 0 spiro atoms. The van der Waals surface area contributed by atoms with Gasteiger partial charge in [0.2, 0.25) is 0 Å². The van der Waals surface area contributed by atoms with Crippen LogP contribution in [0.2, 0.25) is 0 Å². The summed E-state index contributed by atoms with van der Waals surface area (Å²) in [5.74, 6) is 0.207. The molecule has 7 nitrogen and oxygen atoms in total. The summed E-state index contributed by atoms with van der Waals surface area (Å²) in [5, 5.41) is 30.0. The minimum atomic E-state index is -4.94. The van der Waals surface area contributed by atoms with Crippen molar-refractivity contribution in [3.8, 4) is 0 Å². The average molecular weight is 469 g/mol. The van der Waals surface area contributed by atoms with E-state index in [1.807, 2.05) is 0 Å². The molecule has 0 saturated carbocycles. The van der Waals surface area contributed by atoms with Crippen LogP contribution in [-0.2, 0) is 9.09 Å². The Balaban J connectivity index is 4.41. The predicted molar refractivity (Wildman–Crippen MR) is 124 cm³/mol. The van der Waals surface area contributed by atoms with Gasteiger partial charge in [-0.05, 0) is 12.3 Å². The lowest BCUT2D eigenvalue weighted by Gasteiger charge is -2.26. The normalized spacial score (nSPS) is 16.2. The van der Waals surface area contributed by atoms with E-state index in [-0.39, 0.29) is 12.3 Å². The molecule has 0 radical (unpaired) electrons. The molecule has 0 saturated heterocycles. The lowest BCUT2D eigenvalue weighted by Crippen LogP contribution is -2.39. The minimum absolute atomic E-state index is 0.207. The summed E-state index contributed by atoms with van der Waals surface area (Å²) >= 11 is 0. The Morgan fingerprint density at radius 1 is 0.677 bits per heavy atom. The lowest BCUT2D eigenvalue weighted by atomic mass is 9.88. The summed E-state index contributed by atoms with van der Waals surface area (Å²) in [4.78, 5) is 17.6. The van der Waals surface area contributed by atoms with E-state index in [4.69, 9.17) is 9.79 Å². The van der Waals surface area contributed by atoms with Crippen molar-refractivity contribution in [2.45, 2.75) is 141 Å². The average Bonchev–Trinajstić information content (AvgIpc) is 2.70. The van der Waals surface area contributed by atoms with Gasteiger partial charge in [0.1, 0.15) is 6.10 Å².